The van der Waals surface area contributed by atoms with Crippen LogP contribution in [-0.4, -0.2) is 48.2 Å². The maximum absolute atomic E-state index is 13.8. The van der Waals surface area contributed by atoms with E-state index in [0.717, 1.165) is 23.3 Å². The average molecular weight is 682 g/mol. The molecule has 0 N–H and O–H groups in total. The molecule has 0 fully saturated rings. The summed E-state index contributed by atoms with van der Waals surface area (Å²) in [5.41, 5.74) is 2.46. The number of ether oxygens (including phenoxy) is 2. The van der Waals surface area contributed by atoms with Gasteiger partial charge < -0.3 is 14.3 Å². The molecule has 232 valence electrons. The van der Waals surface area contributed by atoms with Crippen LogP contribution in [0.15, 0.2) is 89.2 Å². The Morgan fingerprint density at radius 3 is 2.38 bits per heavy atom. The van der Waals surface area contributed by atoms with Gasteiger partial charge in [-0.15, -0.1) is 5.10 Å². The molecule has 45 heavy (non-hydrogen) atoms. The van der Waals surface area contributed by atoms with Crippen LogP contribution in [0.4, 0.5) is 18.9 Å². The smallest absolute Gasteiger partial charge is 0.416 e. The van der Waals surface area contributed by atoms with Crippen LogP contribution in [0.5, 0.6) is 0 Å². The number of benzene rings is 3. The Bertz CT molecular complexity index is 1690. The minimum Gasteiger partial charge on any atom is -0.466 e. The number of fused-ring (bicyclic) bond motifs is 1. The van der Waals surface area contributed by atoms with Crippen molar-refractivity contribution >= 4 is 39.8 Å². The number of anilines is 1. The third-order valence-electron chi connectivity index (χ3n) is 7.45. The third-order valence-corrected chi connectivity index (χ3v) is 8.09. The zero-order valence-electron chi connectivity index (χ0n) is 24.2. The third kappa shape index (κ3) is 6.29. The number of methoxy groups -OCH3 is 1. The molecule has 0 spiro atoms. The molecule has 3 aromatic rings. The van der Waals surface area contributed by atoms with E-state index >= 15 is 0 Å². The van der Waals surface area contributed by atoms with Gasteiger partial charge in [0.2, 0.25) is 12.3 Å². The normalized spacial score (nSPS) is 18.0. The molecule has 0 radical (unpaired) electrons. The van der Waals surface area contributed by atoms with E-state index in [2.05, 4.69) is 22.0 Å². The Hall–Kier alpha value is -4.67. The molecule has 0 aliphatic carbocycles. The summed E-state index contributed by atoms with van der Waals surface area (Å²) in [6.07, 6.45) is -5.11. The molecule has 0 bridgehead atoms. The molecule has 2 atom stereocenters. The summed E-state index contributed by atoms with van der Waals surface area (Å²) in [6, 6.07) is 20.1. The highest BCUT2D eigenvalue weighted by Gasteiger charge is 2.50. The van der Waals surface area contributed by atoms with E-state index in [9.17, 15) is 28.0 Å². The minimum atomic E-state index is -4.63. The van der Waals surface area contributed by atoms with Crippen molar-refractivity contribution in [1.82, 2.24) is 9.91 Å². The van der Waals surface area contributed by atoms with E-state index in [1.54, 1.807) is 41.1 Å². The number of hydrogen-bond acceptors (Lipinski definition) is 9. The summed E-state index contributed by atoms with van der Waals surface area (Å²) >= 11 is 3.43. The van der Waals surface area contributed by atoms with Crippen molar-refractivity contribution in [2.45, 2.75) is 37.4 Å². The van der Waals surface area contributed by atoms with E-state index in [-0.39, 0.29) is 36.1 Å². The van der Waals surface area contributed by atoms with Crippen LogP contribution in [-0.2, 0) is 37.1 Å². The van der Waals surface area contributed by atoms with Crippen molar-refractivity contribution < 1.29 is 32.2 Å². The molecule has 5 rings (SSSR count). The maximum atomic E-state index is 13.8. The van der Waals surface area contributed by atoms with Gasteiger partial charge in [-0.25, -0.2) is 9.80 Å². The number of nitrogens with zero attached hydrogens (tertiary/aromatic N) is 5. The molecule has 0 saturated heterocycles. The molecular weight excluding hydrogens is 655 g/mol. The molecule has 2 unspecified atom stereocenters. The topological polar surface area (TPSA) is 98.5 Å². The summed E-state index contributed by atoms with van der Waals surface area (Å²) in [7, 11) is 1.21. The summed E-state index contributed by atoms with van der Waals surface area (Å²) < 4.78 is 52.7. The standard InChI is InChI=1S/C32H27BrF3N5O4/c1-20-27(29(43)44-2)28(24-12-10-22(18-37)11-13-24)41-30(40(20)26-5-3-4-25(16-26)32(34,35)36)38-39(31(41)45-15-14-42)19-23-8-6-21(17-33)7-9-23/h3-14,16,28,31H,15,17,19H2,1-2H3. The monoisotopic (exact) mass is 681 g/mol. The van der Waals surface area contributed by atoms with Gasteiger partial charge in [0.25, 0.3) is 0 Å². The lowest BCUT2D eigenvalue weighted by molar-refractivity contribution is -0.144. The first-order chi connectivity index (χ1) is 21.6. The van der Waals surface area contributed by atoms with Crippen LogP contribution < -0.4 is 4.90 Å². The highest BCUT2D eigenvalue weighted by atomic mass is 79.9. The maximum Gasteiger partial charge on any atom is 0.416 e. The summed E-state index contributed by atoms with van der Waals surface area (Å²) in [5, 5.41) is 16.5. The summed E-state index contributed by atoms with van der Waals surface area (Å²) in [5.74, 6) is -0.558. The lowest BCUT2D eigenvalue weighted by Crippen LogP contribution is -2.55. The number of carbonyl (C=O) groups excluding carboxylic acids is 2. The zero-order valence-corrected chi connectivity index (χ0v) is 25.7. The van der Waals surface area contributed by atoms with Crippen molar-refractivity contribution in [3.05, 3.63) is 112 Å². The number of allylic oxidation sites excluding steroid dienone is 1. The van der Waals surface area contributed by atoms with Gasteiger partial charge in [-0.1, -0.05) is 58.4 Å². The van der Waals surface area contributed by atoms with Crippen molar-refractivity contribution in [2.75, 3.05) is 18.6 Å². The number of hydrogen-bond donors (Lipinski definition) is 0. The highest BCUT2D eigenvalue weighted by Crippen LogP contribution is 2.45. The predicted octanol–water partition coefficient (Wildman–Crippen LogP) is 6.07. The van der Waals surface area contributed by atoms with Crippen molar-refractivity contribution in [3.8, 4) is 6.07 Å². The predicted molar refractivity (Wildman–Crippen MR) is 162 cm³/mol. The zero-order chi connectivity index (χ0) is 32.3. The molecular formula is C32H27BrF3N5O4. The number of esters is 1. The SMILES string of the molecule is COC(=O)C1=C(C)N(c2cccc(C(F)(F)F)c2)C2=NN(Cc3ccc(CBr)cc3)C(OCC=O)N2C1c1ccc(C#N)cc1. The molecule has 13 heteroatoms. The number of carbonyl (C=O) groups is 2. The van der Waals surface area contributed by atoms with Crippen molar-refractivity contribution in [2.24, 2.45) is 5.10 Å². The molecule has 2 aliphatic heterocycles. The van der Waals surface area contributed by atoms with E-state index in [4.69, 9.17) is 14.6 Å². The molecule has 3 aromatic carbocycles. The second-order valence-corrected chi connectivity index (χ2v) is 10.8. The van der Waals surface area contributed by atoms with Crippen molar-refractivity contribution in [1.29, 1.82) is 5.26 Å². The molecule has 9 nitrogen and oxygen atoms in total. The first-order valence-electron chi connectivity index (χ1n) is 13.7. The summed E-state index contributed by atoms with van der Waals surface area (Å²) in [6.45, 7) is 1.48. The Morgan fingerprint density at radius 1 is 1.09 bits per heavy atom. The summed E-state index contributed by atoms with van der Waals surface area (Å²) in [4.78, 5) is 28.1. The fraction of sp³-hybridized carbons (Fsp3) is 0.250. The Balaban J connectivity index is 1.74. The van der Waals surface area contributed by atoms with Gasteiger partial charge in [-0.2, -0.15) is 18.4 Å². The second kappa shape index (κ2) is 13.1. The van der Waals surface area contributed by atoms with Crippen LogP contribution in [0, 0.1) is 11.3 Å². The largest absolute Gasteiger partial charge is 0.466 e. The number of rotatable bonds is 9. The van der Waals surface area contributed by atoms with E-state index in [0.29, 0.717) is 22.7 Å². The quantitative estimate of drug-likeness (QED) is 0.153. The number of hydrazone groups is 1. The van der Waals surface area contributed by atoms with Gasteiger partial charge in [0.05, 0.1) is 42.5 Å². The van der Waals surface area contributed by atoms with Crippen molar-refractivity contribution in [3.63, 3.8) is 0 Å². The Labute approximate surface area is 265 Å². The number of guanidine groups is 1. The number of aldehydes is 1. The van der Waals surface area contributed by atoms with Crippen LogP contribution >= 0.6 is 15.9 Å². The van der Waals surface area contributed by atoms with Gasteiger partial charge in [-0.3, -0.25) is 9.80 Å². The molecule has 0 saturated carbocycles. The number of nitriles is 1. The number of halogens is 4. The molecule has 2 aliphatic rings. The molecule has 0 amide bonds. The Kier molecular flexibility index (Phi) is 9.27. The van der Waals surface area contributed by atoms with Gasteiger partial charge in [0.15, 0.2) is 0 Å². The fourth-order valence-corrected chi connectivity index (χ4v) is 5.74. The number of alkyl halides is 4. The van der Waals surface area contributed by atoms with E-state index < -0.39 is 30.1 Å². The van der Waals surface area contributed by atoms with Gasteiger partial charge in [0, 0.05) is 16.7 Å². The average Bonchev–Trinajstić information content (AvgIpc) is 3.39. The first kappa shape index (κ1) is 31.7. The van der Waals surface area contributed by atoms with Gasteiger partial charge >= 0.3 is 12.1 Å². The molecule has 0 aromatic heterocycles. The second-order valence-electron chi connectivity index (χ2n) is 10.2. The highest BCUT2D eigenvalue weighted by molar-refractivity contribution is 9.08. The lowest BCUT2D eigenvalue weighted by Gasteiger charge is -2.44. The van der Waals surface area contributed by atoms with E-state index in [1.165, 1.54) is 24.1 Å². The van der Waals surface area contributed by atoms with Gasteiger partial charge in [0.1, 0.15) is 12.9 Å². The van der Waals surface area contributed by atoms with Crippen LogP contribution in [0.25, 0.3) is 0 Å². The van der Waals surface area contributed by atoms with Crippen LogP contribution in [0.1, 0.15) is 40.8 Å². The van der Waals surface area contributed by atoms with Crippen LogP contribution in [0.3, 0.4) is 0 Å². The first-order valence-corrected chi connectivity index (χ1v) is 14.8. The van der Waals surface area contributed by atoms with Crippen LogP contribution in [0.2, 0.25) is 0 Å². The van der Waals surface area contributed by atoms with E-state index in [1.807, 2.05) is 24.3 Å². The fourth-order valence-electron chi connectivity index (χ4n) is 5.36. The lowest BCUT2D eigenvalue weighted by atomic mass is 9.92. The minimum absolute atomic E-state index is 0.100. The Morgan fingerprint density at radius 2 is 1.78 bits per heavy atom. The van der Waals surface area contributed by atoms with Gasteiger partial charge in [-0.05, 0) is 53.9 Å². The molecule has 2 heterocycles.